The lowest BCUT2D eigenvalue weighted by molar-refractivity contribution is -0.120. The lowest BCUT2D eigenvalue weighted by atomic mass is 9.94. The fourth-order valence-electron chi connectivity index (χ4n) is 4.08. The minimum atomic E-state index is -0.0552. The first kappa shape index (κ1) is 20.6. The second-order valence-corrected chi connectivity index (χ2v) is 8.16. The summed E-state index contributed by atoms with van der Waals surface area (Å²) in [5.74, 6) is 2.76. The molecule has 160 valence electrons. The fourth-order valence-corrected chi connectivity index (χ4v) is 4.08. The molecular formula is C25H31NO4. The van der Waals surface area contributed by atoms with Crippen LogP contribution < -0.4 is 19.1 Å². The number of anilines is 1. The predicted octanol–water partition coefficient (Wildman–Crippen LogP) is 4.98. The number of Topliss-reactive ketones (excluding diaryl/α,β-unsaturated/α-hetero) is 1. The number of ether oxygens (including phenoxy) is 3. The molecule has 2 aliphatic rings. The third-order valence-electron chi connectivity index (χ3n) is 5.90. The predicted molar refractivity (Wildman–Crippen MR) is 118 cm³/mol. The number of hydrogen-bond acceptors (Lipinski definition) is 5. The zero-order chi connectivity index (χ0) is 20.9. The minimum Gasteiger partial charge on any atom is -0.490 e. The van der Waals surface area contributed by atoms with Crippen molar-refractivity contribution in [3.8, 4) is 17.2 Å². The van der Waals surface area contributed by atoms with Gasteiger partial charge in [0.05, 0.1) is 19.8 Å². The second-order valence-electron chi connectivity index (χ2n) is 8.16. The smallest absolute Gasteiger partial charge is 0.163 e. The molecule has 2 aromatic rings. The van der Waals surface area contributed by atoms with Gasteiger partial charge in [0, 0.05) is 43.5 Å². The highest BCUT2D eigenvalue weighted by atomic mass is 16.5. The van der Waals surface area contributed by atoms with Gasteiger partial charge in [0.25, 0.3) is 0 Å². The van der Waals surface area contributed by atoms with E-state index in [1.54, 1.807) is 0 Å². The Morgan fingerprint density at radius 2 is 1.90 bits per heavy atom. The first-order valence-electron chi connectivity index (χ1n) is 11.1. The first-order valence-corrected chi connectivity index (χ1v) is 11.1. The highest BCUT2D eigenvalue weighted by Crippen LogP contribution is 2.35. The van der Waals surface area contributed by atoms with Gasteiger partial charge in [-0.1, -0.05) is 26.0 Å². The van der Waals surface area contributed by atoms with Crippen LogP contribution in [0.15, 0.2) is 42.5 Å². The molecule has 2 heterocycles. The number of benzene rings is 2. The molecule has 2 aromatic carbocycles. The molecule has 5 heteroatoms. The van der Waals surface area contributed by atoms with E-state index in [-0.39, 0.29) is 12.0 Å². The van der Waals surface area contributed by atoms with E-state index in [9.17, 15) is 4.79 Å². The zero-order valence-corrected chi connectivity index (χ0v) is 17.9. The largest absolute Gasteiger partial charge is 0.490 e. The first-order chi connectivity index (χ1) is 14.6. The van der Waals surface area contributed by atoms with E-state index >= 15 is 0 Å². The molecule has 0 aliphatic carbocycles. The van der Waals surface area contributed by atoms with Gasteiger partial charge >= 0.3 is 0 Å². The summed E-state index contributed by atoms with van der Waals surface area (Å²) in [4.78, 5) is 14.5. The molecule has 0 amide bonds. The number of carbonyl (C=O) groups is 1. The summed E-state index contributed by atoms with van der Waals surface area (Å²) in [5, 5.41) is 0. The van der Waals surface area contributed by atoms with E-state index < -0.39 is 0 Å². The van der Waals surface area contributed by atoms with Crippen molar-refractivity contribution in [3.63, 3.8) is 0 Å². The van der Waals surface area contributed by atoms with Gasteiger partial charge in [-0.2, -0.15) is 0 Å². The van der Waals surface area contributed by atoms with Crippen LogP contribution in [0.4, 0.5) is 5.69 Å². The standard InChI is InChI=1S/C25H31NO4/c1-3-5-23(27)18(2)19-6-9-21(10-7-19)30-22-12-13-26(17-22)20-8-11-24-25(16-20)29-15-4-14-28-24/h6-11,16,18,22H,3-5,12-15,17H2,1-2H3/t18?,22-/m1/s1. The van der Waals surface area contributed by atoms with Crippen LogP contribution in [0.3, 0.4) is 0 Å². The summed E-state index contributed by atoms with van der Waals surface area (Å²) in [6, 6.07) is 14.2. The molecule has 0 saturated carbocycles. The maximum atomic E-state index is 12.1. The van der Waals surface area contributed by atoms with Gasteiger partial charge in [0.1, 0.15) is 17.6 Å². The van der Waals surface area contributed by atoms with Crippen molar-refractivity contribution in [2.24, 2.45) is 0 Å². The molecule has 2 atom stereocenters. The van der Waals surface area contributed by atoms with Crippen molar-refractivity contribution in [1.29, 1.82) is 0 Å². The Bertz CT molecular complexity index is 864. The molecule has 0 N–H and O–H groups in total. The number of carbonyl (C=O) groups excluding carboxylic acids is 1. The summed E-state index contributed by atoms with van der Waals surface area (Å²) < 4.78 is 17.8. The van der Waals surface area contributed by atoms with Crippen molar-refractivity contribution in [3.05, 3.63) is 48.0 Å². The van der Waals surface area contributed by atoms with E-state index in [2.05, 4.69) is 17.0 Å². The Labute approximate surface area is 178 Å². The Kier molecular flexibility index (Phi) is 6.46. The van der Waals surface area contributed by atoms with Crippen LogP contribution in [0.25, 0.3) is 0 Å². The highest BCUT2D eigenvalue weighted by Gasteiger charge is 2.25. The van der Waals surface area contributed by atoms with Gasteiger partial charge in [-0.15, -0.1) is 0 Å². The molecule has 0 aromatic heterocycles. The maximum Gasteiger partial charge on any atom is 0.163 e. The van der Waals surface area contributed by atoms with Crippen molar-refractivity contribution in [2.75, 3.05) is 31.2 Å². The molecular weight excluding hydrogens is 378 g/mol. The van der Waals surface area contributed by atoms with Gasteiger partial charge in [-0.3, -0.25) is 4.79 Å². The molecule has 2 aliphatic heterocycles. The van der Waals surface area contributed by atoms with Gasteiger partial charge in [-0.25, -0.2) is 0 Å². The van der Waals surface area contributed by atoms with Crippen LogP contribution in [0, 0.1) is 0 Å². The molecule has 4 rings (SSSR count). The van der Waals surface area contributed by atoms with Crippen LogP contribution in [0.2, 0.25) is 0 Å². The molecule has 0 bridgehead atoms. The summed E-state index contributed by atoms with van der Waals surface area (Å²) in [6.07, 6.45) is 3.56. The topological polar surface area (TPSA) is 48.0 Å². The van der Waals surface area contributed by atoms with Gasteiger partial charge in [-0.05, 0) is 36.2 Å². The Morgan fingerprint density at radius 1 is 1.13 bits per heavy atom. The minimum absolute atomic E-state index is 0.0552. The molecule has 1 fully saturated rings. The van der Waals surface area contributed by atoms with Crippen molar-refractivity contribution in [1.82, 2.24) is 0 Å². The summed E-state index contributed by atoms with van der Waals surface area (Å²) in [7, 11) is 0. The molecule has 30 heavy (non-hydrogen) atoms. The number of fused-ring (bicyclic) bond motifs is 1. The SMILES string of the molecule is CCCC(=O)C(C)c1ccc(O[C@@H]2CCN(c3ccc4c(c3)OCCCO4)C2)cc1. The molecule has 0 radical (unpaired) electrons. The monoisotopic (exact) mass is 409 g/mol. The van der Waals surface area contributed by atoms with Crippen LogP contribution in [0.1, 0.15) is 51.0 Å². The van der Waals surface area contributed by atoms with Crippen LogP contribution in [-0.4, -0.2) is 38.2 Å². The Hall–Kier alpha value is -2.69. The molecule has 0 spiro atoms. The number of rotatable bonds is 7. The van der Waals surface area contributed by atoms with E-state index in [4.69, 9.17) is 14.2 Å². The van der Waals surface area contributed by atoms with Gasteiger partial charge < -0.3 is 19.1 Å². The van der Waals surface area contributed by atoms with Crippen LogP contribution in [0.5, 0.6) is 17.2 Å². The van der Waals surface area contributed by atoms with Crippen molar-refractivity contribution < 1.29 is 19.0 Å². The van der Waals surface area contributed by atoms with Crippen molar-refractivity contribution in [2.45, 2.75) is 51.6 Å². The number of hydrogen-bond donors (Lipinski definition) is 0. The Balaban J connectivity index is 1.35. The van der Waals surface area contributed by atoms with E-state index in [1.165, 1.54) is 0 Å². The second kappa shape index (κ2) is 9.41. The summed E-state index contributed by atoms with van der Waals surface area (Å²) >= 11 is 0. The summed E-state index contributed by atoms with van der Waals surface area (Å²) in [6.45, 7) is 7.21. The van der Waals surface area contributed by atoms with Crippen LogP contribution >= 0.6 is 0 Å². The van der Waals surface area contributed by atoms with Crippen LogP contribution in [-0.2, 0) is 4.79 Å². The Morgan fingerprint density at radius 3 is 2.67 bits per heavy atom. The maximum absolute atomic E-state index is 12.1. The fraction of sp³-hybridized carbons (Fsp3) is 0.480. The average Bonchev–Trinajstić information content (AvgIpc) is 3.10. The van der Waals surface area contributed by atoms with E-state index in [1.807, 2.05) is 44.2 Å². The van der Waals surface area contributed by atoms with E-state index in [0.717, 1.165) is 60.9 Å². The summed E-state index contributed by atoms with van der Waals surface area (Å²) in [5.41, 5.74) is 2.20. The van der Waals surface area contributed by atoms with E-state index in [0.29, 0.717) is 25.4 Å². The lowest BCUT2D eigenvalue weighted by Gasteiger charge is -2.20. The van der Waals surface area contributed by atoms with Gasteiger partial charge in [0.2, 0.25) is 0 Å². The zero-order valence-electron chi connectivity index (χ0n) is 17.9. The lowest BCUT2D eigenvalue weighted by Crippen LogP contribution is -2.24. The highest BCUT2D eigenvalue weighted by molar-refractivity contribution is 5.85. The normalized spacial score (nSPS) is 19.3. The number of ketones is 1. The number of nitrogens with zero attached hydrogens (tertiary/aromatic N) is 1. The van der Waals surface area contributed by atoms with Gasteiger partial charge in [0.15, 0.2) is 11.5 Å². The quantitative estimate of drug-likeness (QED) is 0.646. The molecule has 5 nitrogen and oxygen atoms in total. The third-order valence-corrected chi connectivity index (χ3v) is 5.90. The third kappa shape index (κ3) is 4.72. The van der Waals surface area contributed by atoms with Crippen molar-refractivity contribution >= 4 is 11.5 Å². The molecule has 1 unspecified atom stereocenters. The average molecular weight is 410 g/mol. The molecule has 1 saturated heterocycles.